The Kier molecular flexibility index (Phi) is 4.93. The fourth-order valence-electron chi connectivity index (χ4n) is 2.60. The highest BCUT2D eigenvalue weighted by Crippen LogP contribution is 2.16. The van der Waals surface area contributed by atoms with Crippen LogP contribution in [-0.4, -0.2) is 37.0 Å². The van der Waals surface area contributed by atoms with Crippen molar-refractivity contribution in [3.8, 4) is 5.75 Å². The second-order valence-electron chi connectivity index (χ2n) is 5.84. The van der Waals surface area contributed by atoms with Gasteiger partial charge in [-0.2, -0.15) is 0 Å². The van der Waals surface area contributed by atoms with Crippen molar-refractivity contribution in [3.05, 3.63) is 65.2 Å². The average Bonchev–Trinajstić information content (AvgIpc) is 2.62. The zero-order valence-electron chi connectivity index (χ0n) is 13.4. The Hall–Kier alpha value is -2.33. The molecule has 0 atom stereocenters. The van der Waals surface area contributed by atoms with Crippen molar-refractivity contribution in [2.24, 2.45) is 0 Å². The summed E-state index contributed by atoms with van der Waals surface area (Å²) >= 11 is 0. The SMILES string of the molecule is Cc1ccc(COc2ccc(C(=O)N3CCNCC3)cc2)cc1. The average molecular weight is 310 g/mol. The van der Waals surface area contributed by atoms with Gasteiger partial charge < -0.3 is 15.0 Å². The summed E-state index contributed by atoms with van der Waals surface area (Å²) in [6.45, 7) is 5.87. The second kappa shape index (κ2) is 7.29. The van der Waals surface area contributed by atoms with Gasteiger partial charge in [0.1, 0.15) is 12.4 Å². The number of piperazine rings is 1. The minimum Gasteiger partial charge on any atom is -0.489 e. The number of rotatable bonds is 4. The first-order chi connectivity index (χ1) is 11.2. The fourth-order valence-corrected chi connectivity index (χ4v) is 2.60. The maximum absolute atomic E-state index is 12.4. The lowest BCUT2D eigenvalue weighted by Crippen LogP contribution is -2.46. The molecule has 4 nitrogen and oxygen atoms in total. The summed E-state index contributed by atoms with van der Waals surface area (Å²) in [6, 6.07) is 15.7. The normalized spacial score (nSPS) is 14.6. The third-order valence-corrected chi connectivity index (χ3v) is 4.03. The summed E-state index contributed by atoms with van der Waals surface area (Å²) in [5, 5.41) is 3.25. The van der Waals surface area contributed by atoms with E-state index in [9.17, 15) is 4.79 Å². The largest absolute Gasteiger partial charge is 0.489 e. The van der Waals surface area contributed by atoms with Crippen LogP contribution in [0.25, 0.3) is 0 Å². The summed E-state index contributed by atoms with van der Waals surface area (Å²) in [4.78, 5) is 14.3. The van der Waals surface area contributed by atoms with Crippen LogP contribution >= 0.6 is 0 Å². The topological polar surface area (TPSA) is 41.6 Å². The van der Waals surface area contributed by atoms with Gasteiger partial charge in [0.2, 0.25) is 0 Å². The highest BCUT2D eigenvalue weighted by molar-refractivity contribution is 5.94. The van der Waals surface area contributed by atoms with Gasteiger partial charge in [0.25, 0.3) is 5.91 Å². The molecule has 23 heavy (non-hydrogen) atoms. The minimum atomic E-state index is 0.0941. The lowest BCUT2D eigenvalue weighted by Gasteiger charge is -2.27. The summed E-state index contributed by atoms with van der Waals surface area (Å²) in [5.74, 6) is 0.874. The van der Waals surface area contributed by atoms with E-state index in [-0.39, 0.29) is 5.91 Å². The molecule has 0 radical (unpaired) electrons. The smallest absolute Gasteiger partial charge is 0.253 e. The summed E-state index contributed by atoms with van der Waals surface area (Å²) < 4.78 is 5.78. The van der Waals surface area contributed by atoms with E-state index in [0.717, 1.165) is 43.1 Å². The van der Waals surface area contributed by atoms with Crippen LogP contribution < -0.4 is 10.1 Å². The Bertz CT molecular complexity index is 644. The van der Waals surface area contributed by atoms with Crippen molar-refractivity contribution in [1.82, 2.24) is 10.2 Å². The van der Waals surface area contributed by atoms with E-state index >= 15 is 0 Å². The van der Waals surface area contributed by atoms with Crippen molar-refractivity contribution >= 4 is 5.91 Å². The van der Waals surface area contributed by atoms with Crippen LogP contribution in [0.2, 0.25) is 0 Å². The predicted molar refractivity (Wildman–Crippen MR) is 90.7 cm³/mol. The Morgan fingerprint density at radius 2 is 1.70 bits per heavy atom. The number of amides is 1. The molecule has 1 N–H and O–H groups in total. The Balaban J connectivity index is 1.58. The first-order valence-electron chi connectivity index (χ1n) is 8.01. The van der Waals surface area contributed by atoms with E-state index in [2.05, 4.69) is 36.5 Å². The van der Waals surface area contributed by atoms with Crippen LogP contribution in [0.3, 0.4) is 0 Å². The maximum Gasteiger partial charge on any atom is 0.253 e. The van der Waals surface area contributed by atoms with Crippen molar-refractivity contribution in [2.75, 3.05) is 26.2 Å². The van der Waals surface area contributed by atoms with Gasteiger partial charge in [0.05, 0.1) is 0 Å². The van der Waals surface area contributed by atoms with Crippen molar-refractivity contribution in [2.45, 2.75) is 13.5 Å². The lowest BCUT2D eigenvalue weighted by atomic mass is 10.1. The molecule has 1 aliphatic rings. The molecule has 0 aromatic heterocycles. The molecule has 0 unspecified atom stereocenters. The van der Waals surface area contributed by atoms with Crippen LogP contribution in [0.4, 0.5) is 0 Å². The first-order valence-corrected chi connectivity index (χ1v) is 8.01. The molecular formula is C19H22N2O2. The Labute approximate surface area is 137 Å². The number of nitrogens with one attached hydrogen (secondary N) is 1. The van der Waals surface area contributed by atoms with E-state index in [0.29, 0.717) is 6.61 Å². The van der Waals surface area contributed by atoms with Gasteiger partial charge in [-0.05, 0) is 36.8 Å². The molecule has 2 aromatic rings. The molecular weight excluding hydrogens is 288 g/mol. The standard InChI is InChI=1S/C19H22N2O2/c1-15-2-4-16(5-3-15)14-23-18-8-6-17(7-9-18)19(22)21-12-10-20-11-13-21/h2-9,20H,10-14H2,1H3. The van der Waals surface area contributed by atoms with Gasteiger partial charge in [-0.1, -0.05) is 29.8 Å². The number of aryl methyl sites for hydroxylation is 1. The van der Waals surface area contributed by atoms with Gasteiger partial charge in [-0.15, -0.1) is 0 Å². The fraction of sp³-hybridized carbons (Fsp3) is 0.316. The third kappa shape index (κ3) is 4.11. The van der Waals surface area contributed by atoms with Crippen molar-refractivity contribution < 1.29 is 9.53 Å². The molecule has 2 aromatic carbocycles. The minimum absolute atomic E-state index is 0.0941. The van der Waals surface area contributed by atoms with Crippen LogP contribution in [0, 0.1) is 6.92 Å². The zero-order chi connectivity index (χ0) is 16.1. The van der Waals surface area contributed by atoms with Crippen molar-refractivity contribution in [1.29, 1.82) is 0 Å². The van der Waals surface area contributed by atoms with Crippen LogP contribution in [0.5, 0.6) is 5.75 Å². The van der Waals surface area contributed by atoms with Gasteiger partial charge in [0, 0.05) is 31.7 Å². The number of hydrogen-bond donors (Lipinski definition) is 1. The van der Waals surface area contributed by atoms with Crippen LogP contribution in [0.15, 0.2) is 48.5 Å². The monoisotopic (exact) mass is 310 g/mol. The second-order valence-corrected chi connectivity index (χ2v) is 5.84. The number of carbonyl (C=O) groups excluding carboxylic acids is 1. The maximum atomic E-state index is 12.4. The highest BCUT2D eigenvalue weighted by Gasteiger charge is 2.17. The number of carbonyl (C=O) groups is 1. The van der Waals surface area contributed by atoms with E-state index < -0.39 is 0 Å². The number of ether oxygens (including phenoxy) is 1. The van der Waals surface area contributed by atoms with Crippen molar-refractivity contribution in [3.63, 3.8) is 0 Å². The number of benzene rings is 2. The van der Waals surface area contributed by atoms with Gasteiger partial charge in [-0.3, -0.25) is 4.79 Å². The van der Waals surface area contributed by atoms with Crippen LogP contribution in [0.1, 0.15) is 21.5 Å². The lowest BCUT2D eigenvalue weighted by molar-refractivity contribution is 0.0736. The molecule has 0 saturated carbocycles. The first kappa shape index (κ1) is 15.6. The summed E-state index contributed by atoms with van der Waals surface area (Å²) in [7, 11) is 0. The molecule has 0 spiro atoms. The summed E-state index contributed by atoms with van der Waals surface area (Å²) in [5.41, 5.74) is 3.09. The third-order valence-electron chi connectivity index (χ3n) is 4.03. The van der Waals surface area contributed by atoms with E-state index in [1.165, 1.54) is 5.56 Å². The molecule has 120 valence electrons. The molecule has 1 saturated heterocycles. The highest BCUT2D eigenvalue weighted by atomic mass is 16.5. The summed E-state index contributed by atoms with van der Waals surface area (Å²) in [6.07, 6.45) is 0. The predicted octanol–water partition coefficient (Wildman–Crippen LogP) is 2.62. The molecule has 1 heterocycles. The Morgan fingerprint density at radius 3 is 2.35 bits per heavy atom. The zero-order valence-corrected chi connectivity index (χ0v) is 13.4. The molecule has 0 aliphatic carbocycles. The van der Waals surface area contributed by atoms with E-state index in [4.69, 9.17) is 4.74 Å². The quantitative estimate of drug-likeness (QED) is 0.944. The van der Waals surface area contributed by atoms with Gasteiger partial charge in [-0.25, -0.2) is 0 Å². The molecule has 4 heteroatoms. The molecule has 1 amide bonds. The number of nitrogens with zero attached hydrogens (tertiary/aromatic N) is 1. The van der Waals surface area contributed by atoms with E-state index in [1.54, 1.807) is 0 Å². The molecule has 0 bridgehead atoms. The van der Waals surface area contributed by atoms with Gasteiger partial charge in [0.15, 0.2) is 0 Å². The van der Waals surface area contributed by atoms with Crippen LogP contribution in [-0.2, 0) is 6.61 Å². The Morgan fingerprint density at radius 1 is 1.04 bits per heavy atom. The molecule has 1 aliphatic heterocycles. The van der Waals surface area contributed by atoms with E-state index in [1.807, 2.05) is 29.2 Å². The number of hydrogen-bond acceptors (Lipinski definition) is 3. The van der Waals surface area contributed by atoms with Gasteiger partial charge >= 0.3 is 0 Å². The molecule has 3 rings (SSSR count). The molecule has 1 fully saturated rings.